The molecule has 1 saturated heterocycles. The standard InChI is InChI=1S/C29H33N3O4/c1-3-5-18-36-24-9-6-8-23(19-24)27(33)25-26(22-12-10-21(4-2)11-13-22)32(29(35)28(25)34)16-7-15-31-17-14-30-20-31/h6,8-14,17,19-20,26,33H,3-5,7,15-16,18H2,1-2H3/b27-25+. The van der Waals surface area contributed by atoms with Crippen molar-refractivity contribution in [1.82, 2.24) is 14.5 Å². The fourth-order valence-corrected chi connectivity index (χ4v) is 4.46. The van der Waals surface area contributed by atoms with E-state index in [-0.39, 0.29) is 11.3 Å². The maximum Gasteiger partial charge on any atom is 0.295 e. The number of aliphatic hydroxyl groups excluding tert-OH is 1. The molecule has 7 heteroatoms. The summed E-state index contributed by atoms with van der Waals surface area (Å²) in [6.07, 6.45) is 8.77. The molecule has 3 aromatic rings. The molecule has 0 radical (unpaired) electrons. The van der Waals surface area contributed by atoms with Crippen LogP contribution in [0.4, 0.5) is 0 Å². The van der Waals surface area contributed by atoms with Crippen LogP contribution >= 0.6 is 0 Å². The topological polar surface area (TPSA) is 84.7 Å². The second kappa shape index (κ2) is 11.7. The Labute approximate surface area is 212 Å². The van der Waals surface area contributed by atoms with Crippen molar-refractivity contribution >= 4 is 17.4 Å². The van der Waals surface area contributed by atoms with Gasteiger partial charge >= 0.3 is 0 Å². The number of nitrogens with zero attached hydrogens (tertiary/aromatic N) is 3. The summed E-state index contributed by atoms with van der Waals surface area (Å²) >= 11 is 0. The summed E-state index contributed by atoms with van der Waals surface area (Å²) in [6.45, 7) is 5.78. The number of hydrogen-bond acceptors (Lipinski definition) is 5. The first-order chi connectivity index (χ1) is 17.5. The summed E-state index contributed by atoms with van der Waals surface area (Å²) in [5, 5.41) is 11.3. The number of ketones is 1. The van der Waals surface area contributed by atoms with Gasteiger partial charge in [-0.15, -0.1) is 0 Å². The Bertz CT molecular complexity index is 1220. The molecular formula is C29H33N3O4. The van der Waals surface area contributed by atoms with Gasteiger partial charge in [0.15, 0.2) is 0 Å². The average Bonchev–Trinajstić information content (AvgIpc) is 3.51. The quantitative estimate of drug-likeness (QED) is 0.175. The van der Waals surface area contributed by atoms with Crippen molar-refractivity contribution in [2.75, 3.05) is 13.2 Å². The SMILES string of the molecule is CCCCOc1cccc(/C(O)=C2\C(=O)C(=O)N(CCCn3ccnc3)C2c2ccc(CC)cc2)c1. The predicted molar refractivity (Wildman–Crippen MR) is 139 cm³/mol. The minimum Gasteiger partial charge on any atom is -0.507 e. The minimum absolute atomic E-state index is 0.109. The Hall–Kier alpha value is -3.87. The van der Waals surface area contributed by atoms with Gasteiger partial charge in [0.25, 0.3) is 11.7 Å². The number of benzene rings is 2. The lowest BCUT2D eigenvalue weighted by Gasteiger charge is -2.25. The first-order valence-electron chi connectivity index (χ1n) is 12.6. The Morgan fingerprint density at radius 3 is 2.56 bits per heavy atom. The van der Waals surface area contributed by atoms with Gasteiger partial charge in [0.05, 0.1) is 24.5 Å². The molecule has 1 aliphatic rings. The lowest BCUT2D eigenvalue weighted by molar-refractivity contribution is -0.139. The molecule has 1 N–H and O–H groups in total. The van der Waals surface area contributed by atoms with E-state index in [9.17, 15) is 14.7 Å². The van der Waals surface area contributed by atoms with E-state index in [0.717, 1.165) is 30.4 Å². The Morgan fingerprint density at radius 2 is 1.86 bits per heavy atom. The molecule has 36 heavy (non-hydrogen) atoms. The smallest absolute Gasteiger partial charge is 0.295 e. The van der Waals surface area contributed by atoms with E-state index in [0.29, 0.717) is 37.4 Å². The van der Waals surface area contributed by atoms with Gasteiger partial charge in [0.2, 0.25) is 0 Å². The van der Waals surface area contributed by atoms with E-state index in [1.54, 1.807) is 35.6 Å². The van der Waals surface area contributed by atoms with Crippen LogP contribution in [0, 0.1) is 0 Å². The van der Waals surface area contributed by atoms with Crippen molar-refractivity contribution < 1.29 is 19.4 Å². The molecule has 0 spiro atoms. The molecule has 0 bridgehead atoms. The van der Waals surface area contributed by atoms with E-state index in [1.165, 1.54) is 0 Å². The number of carbonyl (C=O) groups is 2. The minimum atomic E-state index is -0.669. The Balaban J connectivity index is 1.69. The first kappa shape index (κ1) is 25.2. The molecule has 1 aromatic heterocycles. The van der Waals surface area contributed by atoms with Crippen LogP contribution in [0.2, 0.25) is 0 Å². The van der Waals surface area contributed by atoms with Gasteiger partial charge in [-0.05, 0) is 42.5 Å². The zero-order valence-electron chi connectivity index (χ0n) is 20.9. The zero-order valence-corrected chi connectivity index (χ0v) is 20.9. The van der Waals surface area contributed by atoms with Crippen LogP contribution in [0.5, 0.6) is 5.75 Å². The van der Waals surface area contributed by atoms with E-state index in [1.807, 2.05) is 41.1 Å². The van der Waals surface area contributed by atoms with Crippen molar-refractivity contribution in [3.63, 3.8) is 0 Å². The molecule has 1 aliphatic heterocycles. The van der Waals surface area contributed by atoms with Gasteiger partial charge in [-0.25, -0.2) is 4.98 Å². The highest BCUT2D eigenvalue weighted by atomic mass is 16.5. The maximum absolute atomic E-state index is 13.3. The third-order valence-electron chi connectivity index (χ3n) is 6.49. The molecule has 0 aliphatic carbocycles. The van der Waals surface area contributed by atoms with Crippen LogP contribution in [-0.2, 0) is 22.6 Å². The first-order valence-corrected chi connectivity index (χ1v) is 12.6. The number of likely N-dealkylation sites (tertiary alicyclic amines) is 1. The molecule has 1 unspecified atom stereocenters. The van der Waals surface area contributed by atoms with Gasteiger partial charge in [-0.3, -0.25) is 9.59 Å². The number of amides is 1. The van der Waals surface area contributed by atoms with Gasteiger partial charge < -0.3 is 19.3 Å². The number of aliphatic hydroxyl groups is 1. The van der Waals surface area contributed by atoms with Gasteiger partial charge in [-0.1, -0.05) is 56.7 Å². The third-order valence-corrected chi connectivity index (χ3v) is 6.49. The number of hydrogen-bond donors (Lipinski definition) is 1. The van der Waals surface area contributed by atoms with Gasteiger partial charge in [0, 0.05) is 31.0 Å². The van der Waals surface area contributed by atoms with Gasteiger partial charge in [-0.2, -0.15) is 0 Å². The second-order valence-electron chi connectivity index (χ2n) is 8.97. The molecule has 0 saturated carbocycles. The van der Waals surface area contributed by atoms with Crippen molar-refractivity contribution in [2.45, 2.75) is 52.1 Å². The normalized spacial score (nSPS) is 17.1. The highest BCUT2D eigenvalue weighted by molar-refractivity contribution is 6.46. The van der Waals surface area contributed by atoms with Crippen LogP contribution < -0.4 is 4.74 Å². The summed E-state index contributed by atoms with van der Waals surface area (Å²) in [4.78, 5) is 32.1. The predicted octanol–water partition coefficient (Wildman–Crippen LogP) is 5.14. The lowest BCUT2D eigenvalue weighted by atomic mass is 9.94. The molecule has 2 heterocycles. The van der Waals surface area contributed by atoms with E-state index in [2.05, 4.69) is 18.8 Å². The summed E-state index contributed by atoms with van der Waals surface area (Å²) in [5.74, 6) is -0.832. The molecule has 1 fully saturated rings. The molecular weight excluding hydrogens is 454 g/mol. The molecule has 7 nitrogen and oxygen atoms in total. The number of ether oxygens (including phenoxy) is 1. The van der Waals surface area contributed by atoms with Crippen LogP contribution in [-0.4, -0.2) is 44.4 Å². The zero-order chi connectivity index (χ0) is 25.5. The van der Waals surface area contributed by atoms with E-state index >= 15 is 0 Å². The highest BCUT2D eigenvalue weighted by Gasteiger charge is 2.45. The highest BCUT2D eigenvalue weighted by Crippen LogP contribution is 2.40. The van der Waals surface area contributed by atoms with Crippen LogP contribution in [0.1, 0.15) is 55.8 Å². The lowest BCUT2D eigenvalue weighted by Crippen LogP contribution is -2.31. The van der Waals surface area contributed by atoms with Gasteiger partial charge in [0.1, 0.15) is 11.5 Å². The largest absolute Gasteiger partial charge is 0.507 e. The van der Waals surface area contributed by atoms with Crippen LogP contribution in [0.15, 0.2) is 72.8 Å². The number of aryl methyl sites for hydroxylation is 2. The number of Topliss-reactive ketones (excluding diaryl/α,β-unsaturated/α-hetero) is 1. The Kier molecular flexibility index (Phi) is 8.21. The van der Waals surface area contributed by atoms with Crippen LogP contribution in [0.25, 0.3) is 5.76 Å². The number of imidazole rings is 1. The summed E-state index contributed by atoms with van der Waals surface area (Å²) in [6, 6.07) is 14.3. The monoisotopic (exact) mass is 487 g/mol. The molecule has 1 atom stereocenters. The third kappa shape index (κ3) is 5.51. The fraction of sp³-hybridized carbons (Fsp3) is 0.345. The molecule has 1 amide bonds. The number of unbranched alkanes of at least 4 members (excludes halogenated alkanes) is 1. The average molecular weight is 488 g/mol. The van der Waals surface area contributed by atoms with Crippen molar-refractivity contribution in [3.8, 4) is 5.75 Å². The van der Waals surface area contributed by atoms with Crippen molar-refractivity contribution in [2.24, 2.45) is 0 Å². The molecule has 4 rings (SSSR count). The number of rotatable bonds is 11. The Morgan fingerprint density at radius 1 is 1.06 bits per heavy atom. The maximum atomic E-state index is 13.3. The van der Waals surface area contributed by atoms with Crippen molar-refractivity contribution in [3.05, 3.63) is 89.5 Å². The summed E-state index contributed by atoms with van der Waals surface area (Å²) in [5.41, 5.74) is 2.52. The van der Waals surface area contributed by atoms with E-state index in [4.69, 9.17) is 4.74 Å². The fourth-order valence-electron chi connectivity index (χ4n) is 4.46. The number of aromatic nitrogens is 2. The van der Waals surface area contributed by atoms with Crippen molar-refractivity contribution in [1.29, 1.82) is 0 Å². The summed E-state index contributed by atoms with van der Waals surface area (Å²) in [7, 11) is 0. The van der Waals surface area contributed by atoms with Crippen LogP contribution in [0.3, 0.4) is 0 Å². The second-order valence-corrected chi connectivity index (χ2v) is 8.97. The molecule has 2 aromatic carbocycles. The molecule has 188 valence electrons. The summed E-state index contributed by atoms with van der Waals surface area (Å²) < 4.78 is 7.73. The number of carbonyl (C=O) groups excluding carboxylic acids is 2. The van der Waals surface area contributed by atoms with E-state index < -0.39 is 17.7 Å².